The van der Waals surface area contributed by atoms with Crippen LogP contribution in [-0.4, -0.2) is 12.8 Å². The molecule has 0 saturated heterocycles. The Balaban J connectivity index is 2.22. The molecule has 19 heavy (non-hydrogen) atoms. The summed E-state index contributed by atoms with van der Waals surface area (Å²) in [6, 6.07) is 14.1. The van der Waals surface area contributed by atoms with E-state index in [1.807, 2.05) is 50.4 Å². The monoisotopic (exact) mass is 272 g/mol. The zero-order valence-corrected chi connectivity index (χ0v) is 11.8. The molecule has 1 aromatic carbocycles. The number of hydrogen-bond donors (Lipinski definition) is 1. The summed E-state index contributed by atoms with van der Waals surface area (Å²) in [6.45, 7) is 1.93. The normalized spacial score (nSPS) is 13.7. The number of hydrogen-bond acceptors (Lipinski definition) is 4. The first-order valence-electron chi connectivity index (χ1n) is 6.04. The van der Waals surface area contributed by atoms with E-state index in [2.05, 4.69) is 11.4 Å². The van der Waals surface area contributed by atoms with E-state index in [0.717, 1.165) is 16.2 Å². The van der Waals surface area contributed by atoms with E-state index in [0.29, 0.717) is 5.75 Å². The zero-order valence-electron chi connectivity index (χ0n) is 11.0. The Morgan fingerprint density at radius 3 is 2.58 bits per heavy atom. The molecule has 0 radical (unpaired) electrons. The molecule has 0 aliphatic heterocycles. The highest BCUT2D eigenvalue weighted by Crippen LogP contribution is 2.31. The van der Waals surface area contributed by atoms with E-state index in [1.165, 1.54) is 0 Å². The minimum atomic E-state index is -0.685. The van der Waals surface area contributed by atoms with Gasteiger partial charge in [-0.3, -0.25) is 5.32 Å². The highest BCUT2D eigenvalue weighted by Gasteiger charge is 2.30. The quantitative estimate of drug-likeness (QED) is 0.848. The average molecular weight is 272 g/mol. The Labute approximate surface area is 117 Å². The summed E-state index contributed by atoms with van der Waals surface area (Å²) >= 11 is 1.63. The first-order chi connectivity index (χ1) is 9.22. The zero-order chi connectivity index (χ0) is 13.7. The van der Waals surface area contributed by atoms with Crippen molar-refractivity contribution in [1.82, 2.24) is 5.32 Å². The van der Waals surface area contributed by atoms with Crippen molar-refractivity contribution >= 4 is 11.8 Å². The topological polar surface area (TPSA) is 49.0 Å². The van der Waals surface area contributed by atoms with Gasteiger partial charge in [0.2, 0.25) is 0 Å². The molecule has 0 aliphatic carbocycles. The van der Waals surface area contributed by atoms with Gasteiger partial charge in [0.1, 0.15) is 11.3 Å². The molecule has 1 atom stereocenters. The predicted molar refractivity (Wildman–Crippen MR) is 77.0 cm³/mol. The Morgan fingerprint density at radius 1 is 1.32 bits per heavy atom. The van der Waals surface area contributed by atoms with Crippen molar-refractivity contribution in [2.75, 3.05) is 12.8 Å². The van der Waals surface area contributed by atoms with Gasteiger partial charge in [-0.15, -0.1) is 11.8 Å². The van der Waals surface area contributed by atoms with Gasteiger partial charge in [-0.1, -0.05) is 30.3 Å². The fourth-order valence-corrected chi connectivity index (χ4v) is 3.04. The number of nitrogens with one attached hydrogen (secondary N) is 1. The highest BCUT2D eigenvalue weighted by atomic mass is 32.2. The van der Waals surface area contributed by atoms with Gasteiger partial charge < -0.3 is 4.42 Å². The summed E-state index contributed by atoms with van der Waals surface area (Å²) < 4.78 is 5.28. The van der Waals surface area contributed by atoms with Crippen molar-refractivity contribution in [2.45, 2.75) is 17.4 Å². The van der Waals surface area contributed by atoms with Gasteiger partial charge in [0, 0.05) is 10.6 Å². The molecule has 0 bridgehead atoms. The smallest absolute Gasteiger partial charge is 0.141 e. The third-order valence-electron chi connectivity index (χ3n) is 3.14. The molecule has 0 fully saturated rings. The van der Waals surface area contributed by atoms with Crippen LogP contribution < -0.4 is 5.32 Å². The van der Waals surface area contributed by atoms with E-state index in [1.54, 1.807) is 18.0 Å². The van der Waals surface area contributed by atoms with Crippen molar-refractivity contribution < 1.29 is 4.42 Å². The number of benzene rings is 1. The van der Waals surface area contributed by atoms with Crippen LogP contribution in [0.5, 0.6) is 0 Å². The summed E-state index contributed by atoms with van der Waals surface area (Å²) in [5, 5.41) is 12.7. The largest absolute Gasteiger partial charge is 0.468 e. The molecule has 3 nitrogen and oxygen atoms in total. The van der Waals surface area contributed by atoms with Crippen LogP contribution in [-0.2, 0) is 5.54 Å². The SMILES string of the molecule is CNC(C#N)(CSc1ccoc1C)c1ccccc1. The highest BCUT2D eigenvalue weighted by molar-refractivity contribution is 7.99. The van der Waals surface area contributed by atoms with E-state index in [4.69, 9.17) is 4.42 Å². The Hall–Kier alpha value is -1.70. The molecule has 1 unspecified atom stereocenters. The van der Waals surface area contributed by atoms with Gasteiger partial charge >= 0.3 is 0 Å². The van der Waals surface area contributed by atoms with E-state index >= 15 is 0 Å². The Morgan fingerprint density at radius 2 is 2.05 bits per heavy atom. The van der Waals surface area contributed by atoms with Crippen LogP contribution >= 0.6 is 11.8 Å². The second-order valence-electron chi connectivity index (χ2n) is 4.26. The fraction of sp³-hybridized carbons (Fsp3) is 0.267. The van der Waals surface area contributed by atoms with Crippen LogP contribution in [0.3, 0.4) is 0 Å². The lowest BCUT2D eigenvalue weighted by Gasteiger charge is -2.26. The summed E-state index contributed by atoms with van der Waals surface area (Å²) in [6.07, 6.45) is 1.67. The molecule has 0 saturated carbocycles. The minimum absolute atomic E-state index is 0.629. The lowest BCUT2D eigenvalue weighted by atomic mass is 9.94. The lowest BCUT2D eigenvalue weighted by Crippen LogP contribution is -2.41. The van der Waals surface area contributed by atoms with Gasteiger partial charge in [-0.2, -0.15) is 5.26 Å². The number of nitriles is 1. The standard InChI is InChI=1S/C15H16N2OS/c1-12-14(8-9-18-12)19-11-15(10-16,17-2)13-6-4-3-5-7-13/h3-9,17H,11H2,1-2H3. The van der Waals surface area contributed by atoms with Crippen LogP contribution in [0.4, 0.5) is 0 Å². The first kappa shape index (κ1) is 13.7. The second kappa shape index (κ2) is 5.96. The molecule has 1 heterocycles. The van der Waals surface area contributed by atoms with E-state index in [-0.39, 0.29) is 0 Å². The van der Waals surface area contributed by atoms with Crippen molar-refractivity contribution in [3.8, 4) is 6.07 Å². The lowest BCUT2D eigenvalue weighted by molar-refractivity contribution is 0.522. The molecule has 2 rings (SSSR count). The maximum atomic E-state index is 9.58. The Kier molecular flexibility index (Phi) is 4.31. The molecule has 1 N–H and O–H groups in total. The summed E-state index contributed by atoms with van der Waals surface area (Å²) in [5.41, 5.74) is 0.295. The van der Waals surface area contributed by atoms with Crippen molar-refractivity contribution in [3.05, 3.63) is 54.0 Å². The number of rotatable bonds is 5. The van der Waals surface area contributed by atoms with Gasteiger partial charge in [0.15, 0.2) is 0 Å². The number of furan rings is 1. The molecule has 98 valence electrons. The minimum Gasteiger partial charge on any atom is -0.468 e. The molecule has 2 aromatic rings. The molecular weight excluding hydrogens is 256 g/mol. The van der Waals surface area contributed by atoms with Gasteiger partial charge in [0.05, 0.1) is 12.3 Å². The molecule has 0 aliphatic rings. The molecule has 4 heteroatoms. The predicted octanol–water partition coefficient (Wildman–Crippen LogP) is 3.32. The maximum Gasteiger partial charge on any atom is 0.141 e. The fourth-order valence-electron chi connectivity index (χ4n) is 1.88. The van der Waals surface area contributed by atoms with Gasteiger partial charge in [-0.05, 0) is 25.6 Å². The molecular formula is C15H16N2OS. The third kappa shape index (κ3) is 2.83. The van der Waals surface area contributed by atoms with Crippen LogP contribution in [0.15, 0.2) is 52.0 Å². The molecule has 0 amide bonds. The maximum absolute atomic E-state index is 9.58. The van der Waals surface area contributed by atoms with Crippen LogP contribution in [0, 0.1) is 18.3 Å². The van der Waals surface area contributed by atoms with E-state index < -0.39 is 5.54 Å². The van der Waals surface area contributed by atoms with Crippen LogP contribution in [0.25, 0.3) is 0 Å². The van der Waals surface area contributed by atoms with Crippen LogP contribution in [0.2, 0.25) is 0 Å². The van der Waals surface area contributed by atoms with Crippen LogP contribution in [0.1, 0.15) is 11.3 Å². The first-order valence-corrected chi connectivity index (χ1v) is 7.03. The van der Waals surface area contributed by atoms with Crippen molar-refractivity contribution in [2.24, 2.45) is 0 Å². The van der Waals surface area contributed by atoms with Crippen molar-refractivity contribution in [3.63, 3.8) is 0 Å². The number of thioether (sulfide) groups is 1. The Bertz CT molecular complexity index is 573. The number of aryl methyl sites for hydroxylation is 1. The summed E-state index contributed by atoms with van der Waals surface area (Å²) in [7, 11) is 1.82. The number of nitrogens with zero attached hydrogens (tertiary/aromatic N) is 1. The molecule has 1 aromatic heterocycles. The third-order valence-corrected chi connectivity index (χ3v) is 4.45. The van der Waals surface area contributed by atoms with Gasteiger partial charge in [0.25, 0.3) is 0 Å². The average Bonchev–Trinajstić information content (AvgIpc) is 2.87. The summed E-state index contributed by atoms with van der Waals surface area (Å²) in [4.78, 5) is 1.07. The van der Waals surface area contributed by atoms with E-state index in [9.17, 15) is 5.26 Å². The van der Waals surface area contributed by atoms with Crippen molar-refractivity contribution in [1.29, 1.82) is 5.26 Å². The van der Waals surface area contributed by atoms with Gasteiger partial charge in [-0.25, -0.2) is 0 Å². The summed E-state index contributed by atoms with van der Waals surface area (Å²) in [5.74, 6) is 1.52. The second-order valence-corrected chi connectivity index (χ2v) is 5.28. The molecule has 0 spiro atoms.